The minimum atomic E-state index is -4.42. The Labute approximate surface area is 197 Å². The van der Waals surface area contributed by atoms with Crippen LogP contribution in [-0.4, -0.2) is 50.5 Å². The van der Waals surface area contributed by atoms with Gasteiger partial charge in [-0.15, -0.1) is 0 Å². The van der Waals surface area contributed by atoms with Gasteiger partial charge in [-0.3, -0.25) is 0 Å². The number of nitrogens with zero attached hydrogens (tertiary/aromatic N) is 1. The largest absolute Gasteiger partial charge is 0.444 e. The summed E-state index contributed by atoms with van der Waals surface area (Å²) in [6.07, 6.45) is -4.33. The van der Waals surface area contributed by atoms with Gasteiger partial charge in [0.25, 0.3) is 0 Å². The molecule has 1 aliphatic heterocycles. The number of alkyl halides is 3. The van der Waals surface area contributed by atoms with Crippen LogP contribution in [0.25, 0.3) is 0 Å². The molecule has 10 heteroatoms. The summed E-state index contributed by atoms with van der Waals surface area (Å²) in [6, 6.07) is 11.2. The molecule has 1 saturated heterocycles. The molecule has 1 aliphatic rings. The molecule has 2 unspecified atom stereocenters. The second kappa shape index (κ2) is 9.58. The van der Waals surface area contributed by atoms with Crippen LogP contribution < -0.4 is 0 Å². The highest BCUT2D eigenvalue weighted by atomic mass is 32.2. The van der Waals surface area contributed by atoms with Gasteiger partial charge in [0.15, 0.2) is 9.84 Å². The summed E-state index contributed by atoms with van der Waals surface area (Å²) in [7, 11) is -3.44. The molecule has 0 saturated carbocycles. The minimum absolute atomic E-state index is 0.0349. The van der Waals surface area contributed by atoms with E-state index in [0.29, 0.717) is 11.1 Å². The van der Waals surface area contributed by atoms with Gasteiger partial charge >= 0.3 is 12.3 Å². The van der Waals surface area contributed by atoms with Gasteiger partial charge in [0, 0.05) is 18.7 Å². The molecule has 0 aliphatic carbocycles. The number of carbonyl (C=O) groups is 1. The van der Waals surface area contributed by atoms with Crippen LogP contribution >= 0.6 is 0 Å². The molecule has 6 nitrogen and oxygen atoms in total. The maximum Gasteiger partial charge on any atom is 0.416 e. The number of hydrogen-bond acceptors (Lipinski definition) is 5. The molecule has 2 aromatic rings. The van der Waals surface area contributed by atoms with Gasteiger partial charge in [-0.05, 0) is 56.2 Å². The van der Waals surface area contributed by atoms with Crippen LogP contribution in [0.15, 0.2) is 53.4 Å². The van der Waals surface area contributed by atoms with Gasteiger partial charge in [-0.2, -0.15) is 13.2 Å². The van der Waals surface area contributed by atoms with Crippen LogP contribution in [0.5, 0.6) is 0 Å². The van der Waals surface area contributed by atoms with E-state index in [1.165, 1.54) is 23.1 Å². The summed E-state index contributed by atoms with van der Waals surface area (Å²) in [5, 5.41) is 0. The van der Waals surface area contributed by atoms with Crippen molar-refractivity contribution in [3.63, 3.8) is 0 Å². The predicted octanol–water partition coefficient (Wildman–Crippen LogP) is 5.03. The standard InChI is InChI=1S/C24H28F3NO5S/c1-23(2,3)33-22(29)28-13-20(17-6-5-7-19(12-17)34(4,30)31)21(14-28)32-15-16-8-10-18(11-9-16)24(25,26)27/h5-12,20-21H,13-15H2,1-4H3. The summed E-state index contributed by atoms with van der Waals surface area (Å²) in [5.74, 6) is -0.344. The second-order valence-electron chi connectivity index (χ2n) is 9.38. The molecular weight excluding hydrogens is 471 g/mol. The Morgan fingerprint density at radius 3 is 2.26 bits per heavy atom. The first-order valence-electron chi connectivity index (χ1n) is 10.7. The molecule has 186 valence electrons. The van der Waals surface area contributed by atoms with Gasteiger partial charge in [0.2, 0.25) is 0 Å². The zero-order valence-electron chi connectivity index (χ0n) is 19.4. The fraction of sp³-hybridized carbons (Fsp3) is 0.458. The molecule has 0 spiro atoms. The van der Waals surface area contributed by atoms with E-state index in [4.69, 9.17) is 9.47 Å². The predicted molar refractivity (Wildman–Crippen MR) is 120 cm³/mol. The summed E-state index contributed by atoms with van der Waals surface area (Å²) in [4.78, 5) is 14.3. The molecule has 1 amide bonds. The van der Waals surface area contributed by atoms with Crippen LogP contribution in [0.2, 0.25) is 0 Å². The molecule has 2 atom stereocenters. The Balaban J connectivity index is 1.82. The van der Waals surface area contributed by atoms with E-state index in [-0.39, 0.29) is 30.5 Å². The maximum absolute atomic E-state index is 12.8. The van der Waals surface area contributed by atoms with Crippen molar-refractivity contribution in [1.29, 1.82) is 0 Å². The van der Waals surface area contributed by atoms with Crippen molar-refractivity contribution in [2.24, 2.45) is 0 Å². The quantitative estimate of drug-likeness (QED) is 0.577. The third-order valence-corrected chi connectivity index (χ3v) is 6.49. The average Bonchev–Trinajstić information content (AvgIpc) is 3.15. The zero-order valence-corrected chi connectivity index (χ0v) is 20.2. The van der Waals surface area contributed by atoms with Crippen LogP contribution in [0.1, 0.15) is 43.4 Å². The highest BCUT2D eigenvalue weighted by molar-refractivity contribution is 7.90. The number of rotatable bonds is 5. The van der Waals surface area contributed by atoms with E-state index in [1.54, 1.807) is 39.0 Å². The molecule has 2 aromatic carbocycles. The fourth-order valence-corrected chi connectivity index (χ4v) is 4.38. The first-order chi connectivity index (χ1) is 15.6. The second-order valence-corrected chi connectivity index (χ2v) is 11.4. The number of carbonyl (C=O) groups excluding carboxylic acids is 1. The molecule has 0 bridgehead atoms. The summed E-state index contributed by atoms with van der Waals surface area (Å²) in [5.41, 5.74) is -0.204. The normalized spacial score (nSPS) is 19.3. The highest BCUT2D eigenvalue weighted by Gasteiger charge is 2.39. The highest BCUT2D eigenvalue weighted by Crippen LogP contribution is 2.33. The number of likely N-dealkylation sites (tertiary alicyclic amines) is 1. The van der Waals surface area contributed by atoms with E-state index in [1.807, 2.05) is 0 Å². The Kier molecular flexibility index (Phi) is 7.33. The summed E-state index contributed by atoms with van der Waals surface area (Å²) < 4.78 is 74.0. The molecule has 0 aromatic heterocycles. The third-order valence-electron chi connectivity index (χ3n) is 5.38. The lowest BCUT2D eigenvalue weighted by Gasteiger charge is -2.24. The van der Waals surface area contributed by atoms with Crippen molar-refractivity contribution in [3.8, 4) is 0 Å². The van der Waals surface area contributed by atoms with Gasteiger partial charge in [-0.25, -0.2) is 13.2 Å². The average molecular weight is 500 g/mol. The van der Waals surface area contributed by atoms with E-state index < -0.39 is 39.4 Å². The molecule has 3 rings (SSSR count). The lowest BCUT2D eigenvalue weighted by molar-refractivity contribution is -0.137. The number of benzene rings is 2. The lowest BCUT2D eigenvalue weighted by atomic mass is 9.96. The molecular formula is C24H28F3NO5S. The first kappa shape index (κ1) is 26.0. The molecule has 0 N–H and O–H groups in total. The molecule has 1 heterocycles. The van der Waals surface area contributed by atoms with E-state index in [0.717, 1.165) is 18.4 Å². The number of halogens is 3. The van der Waals surface area contributed by atoms with E-state index in [9.17, 15) is 26.4 Å². The molecule has 34 heavy (non-hydrogen) atoms. The Bertz CT molecular complexity index is 1120. The number of ether oxygens (including phenoxy) is 2. The van der Waals surface area contributed by atoms with Gasteiger partial charge in [0.1, 0.15) is 5.60 Å². The molecule has 1 fully saturated rings. The topological polar surface area (TPSA) is 72.9 Å². The van der Waals surface area contributed by atoms with E-state index >= 15 is 0 Å². The van der Waals surface area contributed by atoms with E-state index in [2.05, 4.69) is 0 Å². The third kappa shape index (κ3) is 6.73. The Morgan fingerprint density at radius 1 is 1.06 bits per heavy atom. The van der Waals surface area contributed by atoms with Gasteiger partial charge in [0.05, 0.1) is 29.7 Å². The number of amides is 1. The van der Waals surface area contributed by atoms with Crippen molar-refractivity contribution in [3.05, 3.63) is 65.2 Å². The van der Waals surface area contributed by atoms with Crippen LogP contribution in [0.3, 0.4) is 0 Å². The van der Waals surface area contributed by atoms with Crippen molar-refractivity contribution in [2.75, 3.05) is 19.3 Å². The van der Waals surface area contributed by atoms with Crippen molar-refractivity contribution >= 4 is 15.9 Å². The van der Waals surface area contributed by atoms with Crippen molar-refractivity contribution in [1.82, 2.24) is 4.90 Å². The van der Waals surface area contributed by atoms with Crippen LogP contribution in [0, 0.1) is 0 Å². The Morgan fingerprint density at radius 2 is 1.71 bits per heavy atom. The Hall–Kier alpha value is -2.59. The minimum Gasteiger partial charge on any atom is -0.444 e. The van der Waals surface area contributed by atoms with Crippen molar-refractivity contribution in [2.45, 2.75) is 56.1 Å². The number of sulfone groups is 1. The number of hydrogen-bond donors (Lipinski definition) is 0. The van der Waals surface area contributed by atoms with Crippen LogP contribution in [-0.2, 0) is 32.1 Å². The van der Waals surface area contributed by atoms with Gasteiger partial charge in [-0.1, -0.05) is 24.3 Å². The van der Waals surface area contributed by atoms with Crippen LogP contribution in [0.4, 0.5) is 18.0 Å². The fourth-order valence-electron chi connectivity index (χ4n) is 3.71. The first-order valence-corrected chi connectivity index (χ1v) is 12.6. The summed E-state index contributed by atoms with van der Waals surface area (Å²) in [6.45, 7) is 5.75. The SMILES string of the molecule is CC(C)(C)OC(=O)N1CC(OCc2ccc(C(F)(F)F)cc2)C(c2cccc(S(C)(=O)=O)c2)C1. The lowest BCUT2D eigenvalue weighted by Crippen LogP contribution is -2.36. The maximum atomic E-state index is 12.8. The zero-order chi connectivity index (χ0) is 25.3. The molecule has 0 radical (unpaired) electrons. The van der Waals surface area contributed by atoms with Crippen molar-refractivity contribution < 1.29 is 35.9 Å². The smallest absolute Gasteiger partial charge is 0.416 e. The van der Waals surface area contributed by atoms with Gasteiger partial charge < -0.3 is 14.4 Å². The monoisotopic (exact) mass is 499 g/mol. The summed E-state index contributed by atoms with van der Waals surface area (Å²) >= 11 is 0.